The number of nitrogens with zero attached hydrogens (tertiary/aromatic N) is 1. The minimum atomic E-state index is -0.268. The van der Waals surface area contributed by atoms with Crippen LogP contribution in [0.15, 0.2) is 88.4 Å². The number of hydrogen-bond donors (Lipinski definition) is 1. The topological polar surface area (TPSA) is 24.4 Å². The van der Waals surface area contributed by atoms with Crippen molar-refractivity contribution in [2.45, 2.75) is 0 Å². The van der Waals surface area contributed by atoms with Crippen LogP contribution in [-0.4, -0.2) is 5.71 Å². The fourth-order valence-corrected chi connectivity index (χ4v) is 2.41. The molecular formula is C19H14BrFN2. The van der Waals surface area contributed by atoms with E-state index in [2.05, 4.69) is 26.5 Å². The molecule has 114 valence electrons. The molecule has 0 radical (unpaired) electrons. The van der Waals surface area contributed by atoms with Gasteiger partial charge in [-0.25, -0.2) is 4.39 Å². The second-order valence-corrected chi connectivity index (χ2v) is 5.87. The van der Waals surface area contributed by atoms with Gasteiger partial charge in [0.2, 0.25) is 0 Å². The van der Waals surface area contributed by atoms with E-state index in [0.717, 1.165) is 27.0 Å². The van der Waals surface area contributed by atoms with Crippen LogP contribution in [0.5, 0.6) is 0 Å². The maximum absolute atomic E-state index is 13.0. The Hall–Kier alpha value is -2.46. The number of hydrogen-bond acceptors (Lipinski definition) is 2. The molecule has 3 rings (SSSR count). The summed E-state index contributed by atoms with van der Waals surface area (Å²) >= 11 is 3.44. The predicted octanol–water partition coefficient (Wildman–Crippen LogP) is 5.45. The molecule has 0 aromatic heterocycles. The molecule has 0 fully saturated rings. The Kier molecular flexibility index (Phi) is 4.83. The van der Waals surface area contributed by atoms with Crippen molar-refractivity contribution < 1.29 is 4.39 Å². The quantitative estimate of drug-likeness (QED) is 0.480. The third kappa shape index (κ3) is 4.05. The van der Waals surface area contributed by atoms with Crippen molar-refractivity contribution in [3.05, 3.63) is 100 Å². The monoisotopic (exact) mass is 368 g/mol. The number of rotatable bonds is 4. The molecule has 4 heteroatoms. The molecule has 0 spiro atoms. The van der Waals surface area contributed by atoms with Crippen LogP contribution in [0.1, 0.15) is 11.1 Å². The van der Waals surface area contributed by atoms with Crippen LogP contribution >= 0.6 is 15.9 Å². The molecule has 0 aliphatic carbocycles. The van der Waals surface area contributed by atoms with E-state index in [-0.39, 0.29) is 5.82 Å². The lowest BCUT2D eigenvalue weighted by Gasteiger charge is -2.09. The number of halogens is 2. The molecule has 0 aliphatic rings. The largest absolute Gasteiger partial charge is 0.278 e. The van der Waals surface area contributed by atoms with Gasteiger partial charge < -0.3 is 0 Å². The van der Waals surface area contributed by atoms with Crippen molar-refractivity contribution in [2.24, 2.45) is 5.10 Å². The van der Waals surface area contributed by atoms with Gasteiger partial charge in [0.05, 0.1) is 11.4 Å². The summed E-state index contributed by atoms with van der Waals surface area (Å²) in [5, 5.41) is 4.52. The van der Waals surface area contributed by atoms with Gasteiger partial charge >= 0.3 is 0 Å². The highest BCUT2D eigenvalue weighted by molar-refractivity contribution is 9.10. The van der Waals surface area contributed by atoms with E-state index < -0.39 is 0 Å². The Balaban J connectivity index is 1.96. The number of hydrazone groups is 1. The minimum absolute atomic E-state index is 0.268. The first-order chi connectivity index (χ1) is 11.2. The average Bonchev–Trinajstić information content (AvgIpc) is 2.59. The molecule has 1 N–H and O–H groups in total. The Morgan fingerprint density at radius 2 is 1.39 bits per heavy atom. The zero-order valence-electron chi connectivity index (χ0n) is 12.2. The van der Waals surface area contributed by atoms with E-state index in [9.17, 15) is 4.39 Å². The van der Waals surface area contributed by atoms with Gasteiger partial charge in [-0.2, -0.15) is 5.10 Å². The zero-order valence-corrected chi connectivity index (χ0v) is 13.8. The molecular weight excluding hydrogens is 355 g/mol. The molecule has 0 bridgehead atoms. The third-order valence-electron chi connectivity index (χ3n) is 3.31. The van der Waals surface area contributed by atoms with E-state index in [0.29, 0.717) is 0 Å². The molecule has 0 saturated carbocycles. The molecule has 0 aliphatic heterocycles. The first-order valence-electron chi connectivity index (χ1n) is 7.13. The molecule has 0 amide bonds. The van der Waals surface area contributed by atoms with Gasteiger partial charge in [-0.1, -0.05) is 58.4 Å². The molecule has 0 unspecified atom stereocenters. The summed E-state index contributed by atoms with van der Waals surface area (Å²) in [6.07, 6.45) is 0. The first-order valence-corrected chi connectivity index (χ1v) is 7.92. The van der Waals surface area contributed by atoms with E-state index in [1.54, 1.807) is 12.1 Å². The lowest BCUT2D eigenvalue weighted by Crippen LogP contribution is -2.06. The standard InChI is InChI=1S/C19H14BrFN2/c20-16-8-6-15(7-9-16)19(14-4-2-1-3-5-14)23-22-18-12-10-17(21)11-13-18/h1-13,22H/b23-19-. The molecule has 2 nitrogen and oxygen atoms in total. The maximum Gasteiger partial charge on any atom is 0.123 e. The van der Waals surface area contributed by atoms with Gasteiger partial charge in [0.15, 0.2) is 0 Å². The SMILES string of the molecule is Fc1ccc(N/N=C(/c2ccccc2)c2ccc(Br)cc2)cc1. The summed E-state index contributed by atoms with van der Waals surface area (Å²) in [5.74, 6) is -0.268. The summed E-state index contributed by atoms with van der Waals surface area (Å²) in [6, 6.07) is 24.0. The molecule has 0 atom stereocenters. The van der Waals surface area contributed by atoms with Crippen molar-refractivity contribution in [2.75, 3.05) is 5.43 Å². The van der Waals surface area contributed by atoms with E-state index in [4.69, 9.17) is 0 Å². The second-order valence-electron chi connectivity index (χ2n) is 4.95. The highest BCUT2D eigenvalue weighted by Gasteiger charge is 2.07. The van der Waals surface area contributed by atoms with Gasteiger partial charge in [-0.3, -0.25) is 5.43 Å². The van der Waals surface area contributed by atoms with E-state index >= 15 is 0 Å². The summed E-state index contributed by atoms with van der Waals surface area (Å²) in [7, 11) is 0. The van der Waals surface area contributed by atoms with Crippen LogP contribution in [0, 0.1) is 5.82 Å². The zero-order chi connectivity index (χ0) is 16.1. The molecule has 0 heterocycles. The Labute approximate surface area is 142 Å². The second kappa shape index (κ2) is 7.20. The highest BCUT2D eigenvalue weighted by Crippen LogP contribution is 2.16. The van der Waals surface area contributed by atoms with Crippen LogP contribution in [0.3, 0.4) is 0 Å². The van der Waals surface area contributed by atoms with Gasteiger partial charge in [0.1, 0.15) is 5.82 Å². The average molecular weight is 369 g/mol. The molecule has 3 aromatic rings. The van der Waals surface area contributed by atoms with E-state index in [1.807, 2.05) is 54.6 Å². The van der Waals surface area contributed by atoms with Crippen molar-refractivity contribution in [3.8, 4) is 0 Å². The van der Waals surface area contributed by atoms with Crippen molar-refractivity contribution in [1.82, 2.24) is 0 Å². The summed E-state index contributed by atoms with van der Waals surface area (Å²) in [4.78, 5) is 0. The highest BCUT2D eigenvalue weighted by atomic mass is 79.9. The number of anilines is 1. The van der Waals surface area contributed by atoms with Gasteiger partial charge in [-0.15, -0.1) is 0 Å². The fourth-order valence-electron chi connectivity index (χ4n) is 2.14. The smallest absolute Gasteiger partial charge is 0.123 e. The Morgan fingerprint density at radius 3 is 2.04 bits per heavy atom. The lowest BCUT2D eigenvalue weighted by atomic mass is 10.0. The lowest BCUT2D eigenvalue weighted by molar-refractivity contribution is 0.628. The van der Waals surface area contributed by atoms with Crippen molar-refractivity contribution in [1.29, 1.82) is 0 Å². The molecule has 3 aromatic carbocycles. The maximum atomic E-state index is 13.0. The molecule has 23 heavy (non-hydrogen) atoms. The number of nitrogens with one attached hydrogen (secondary N) is 1. The van der Waals surface area contributed by atoms with Crippen molar-refractivity contribution in [3.63, 3.8) is 0 Å². The summed E-state index contributed by atoms with van der Waals surface area (Å²) in [6.45, 7) is 0. The van der Waals surface area contributed by atoms with Crippen LogP contribution in [-0.2, 0) is 0 Å². The predicted molar refractivity (Wildman–Crippen MR) is 96.2 cm³/mol. The Bertz CT molecular complexity index is 797. The Morgan fingerprint density at radius 1 is 0.783 bits per heavy atom. The van der Waals surface area contributed by atoms with Crippen LogP contribution in [0.25, 0.3) is 0 Å². The van der Waals surface area contributed by atoms with Crippen molar-refractivity contribution >= 4 is 27.3 Å². The third-order valence-corrected chi connectivity index (χ3v) is 3.83. The summed E-state index contributed by atoms with van der Waals surface area (Å²) < 4.78 is 14.0. The normalized spacial score (nSPS) is 11.3. The minimum Gasteiger partial charge on any atom is -0.278 e. The van der Waals surface area contributed by atoms with Gasteiger partial charge in [0, 0.05) is 15.6 Å². The van der Waals surface area contributed by atoms with Gasteiger partial charge in [-0.05, 0) is 36.4 Å². The first kappa shape index (κ1) is 15.4. The van der Waals surface area contributed by atoms with Gasteiger partial charge in [0.25, 0.3) is 0 Å². The molecule has 0 saturated heterocycles. The van der Waals surface area contributed by atoms with E-state index in [1.165, 1.54) is 12.1 Å². The summed E-state index contributed by atoms with van der Waals surface area (Å²) in [5.41, 5.74) is 6.55. The number of benzene rings is 3. The van der Waals surface area contributed by atoms with Crippen LogP contribution in [0.2, 0.25) is 0 Å². The van der Waals surface area contributed by atoms with Crippen LogP contribution < -0.4 is 5.43 Å². The van der Waals surface area contributed by atoms with Crippen LogP contribution in [0.4, 0.5) is 10.1 Å². The fraction of sp³-hybridized carbons (Fsp3) is 0.